The van der Waals surface area contributed by atoms with Gasteiger partial charge in [-0.15, -0.1) is 0 Å². The molecule has 19 heavy (non-hydrogen) atoms. The molecule has 0 bridgehead atoms. The van der Waals surface area contributed by atoms with Crippen molar-refractivity contribution in [1.29, 1.82) is 0 Å². The number of benzene rings is 1. The van der Waals surface area contributed by atoms with E-state index in [-0.39, 0.29) is 6.04 Å². The van der Waals surface area contributed by atoms with Gasteiger partial charge < -0.3 is 10.1 Å². The van der Waals surface area contributed by atoms with E-state index in [1.807, 2.05) is 13.8 Å². The minimum atomic E-state index is -3.44. The molecule has 1 fully saturated rings. The molecule has 1 aromatic carbocycles. The fourth-order valence-electron chi connectivity index (χ4n) is 2.21. The molecular formula is C13H20N2O3S. The van der Waals surface area contributed by atoms with Gasteiger partial charge in [0, 0.05) is 31.7 Å². The van der Waals surface area contributed by atoms with Gasteiger partial charge in [-0.2, -0.15) is 4.31 Å². The highest BCUT2D eigenvalue weighted by molar-refractivity contribution is 7.89. The zero-order valence-corrected chi connectivity index (χ0v) is 12.1. The molecule has 1 aliphatic rings. The number of piperazine rings is 1. The molecule has 0 unspecified atom stereocenters. The summed E-state index contributed by atoms with van der Waals surface area (Å²) >= 11 is 0. The number of hydrogen-bond donors (Lipinski definition) is 1. The minimum absolute atomic E-state index is 0.0329. The molecule has 2 rings (SSSR count). The number of sulfonamides is 1. The summed E-state index contributed by atoms with van der Waals surface area (Å²) in [4.78, 5) is 0.298. The van der Waals surface area contributed by atoms with Gasteiger partial charge in [0.1, 0.15) is 5.75 Å². The molecule has 0 aliphatic carbocycles. The van der Waals surface area contributed by atoms with Crippen LogP contribution in [0.3, 0.4) is 0 Å². The van der Waals surface area contributed by atoms with Gasteiger partial charge in [0.05, 0.1) is 11.5 Å². The molecule has 106 valence electrons. The quantitative estimate of drug-likeness (QED) is 0.898. The lowest BCUT2D eigenvalue weighted by Gasteiger charge is -2.32. The van der Waals surface area contributed by atoms with Gasteiger partial charge in [0.15, 0.2) is 0 Å². The molecule has 1 N–H and O–H groups in total. The summed E-state index contributed by atoms with van der Waals surface area (Å²) in [6.45, 7) is 6.19. The zero-order chi connectivity index (χ0) is 13.9. The van der Waals surface area contributed by atoms with E-state index in [2.05, 4.69) is 5.32 Å². The van der Waals surface area contributed by atoms with Gasteiger partial charge in [-0.3, -0.25) is 0 Å². The van der Waals surface area contributed by atoms with Crippen LogP contribution in [-0.4, -0.2) is 45.0 Å². The van der Waals surface area contributed by atoms with Crippen molar-refractivity contribution >= 4 is 10.0 Å². The second-order valence-electron chi connectivity index (χ2n) is 4.58. The average Bonchev–Trinajstić information content (AvgIpc) is 2.40. The van der Waals surface area contributed by atoms with Crippen molar-refractivity contribution < 1.29 is 13.2 Å². The van der Waals surface area contributed by atoms with Crippen LogP contribution < -0.4 is 10.1 Å². The summed E-state index contributed by atoms with van der Waals surface area (Å²) in [5, 5.41) is 3.19. The molecule has 1 atom stereocenters. The average molecular weight is 284 g/mol. The third-order valence-corrected chi connectivity index (χ3v) is 5.17. The molecule has 1 aliphatic heterocycles. The summed E-state index contributed by atoms with van der Waals surface area (Å²) in [7, 11) is -3.44. The first-order valence-electron chi connectivity index (χ1n) is 6.51. The predicted molar refractivity (Wildman–Crippen MR) is 73.8 cm³/mol. The molecule has 0 aromatic heterocycles. The SMILES string of the molecule is CCOc1cccc(S(=O)(=O)N2CCNC[C@@H]2C)c1. The first kappa shape index (κ1) is 14.3. The number of nitrogens with zero attached hydrogens (tertiary/aromatic N) is 1. The Morgan fingerprint density at radius 3 is 2.95 bits per heavy atom. The third-order valence-electron chi connectivity index (χ3n) is 3.16. The zero-order valence-electron chi connectivity index (χ0n) is 11.3. The molecule has 0 radical (unpaired) electrons. The van der Waals surface area contributed by atoms with Gasteiger partial charge in [0.2, 0.25) is 10.0 Å². The smallest absolute Gasteiger partial charge is 0.243 e. The summed E-state index contributed by atoms with van der Waals surface area (Å²) in [6.07, 6.45) is 0. The Kier molecular flexibility index (Phi) is 4.44. The van der Waals surface area contributed by atoms with Crippen LogP contribution in [0, 0.1) is 0 Å². The van der Waals surface area contributed by atoms with E-state index in [0.29, 0.717) is 36.9 Å². The van der Waals surface area contributed by atoms with E-state index in [0.717, 1.165) is 0 Å². The van der Waals surface area contributed by atoms with Crippen LogP contribution in [0.2, 0.25) is 0 Å². The van der Waals surface area contributed by atoms with Crippen molar-refractivity contribution in [1.82, 2.24) is 9.62 Å². The van der Waals surface area contributed by atoms with E-state index >= 15 is 0 Å². The summed E-state index contributed by atoms with van der Waals surface area (Å²) < 4.78 is 32.1. The Balaban J connectivity index is 2.30. The number of ether oxygens (including phenoxy) is 1. The van der Waals surface area contributed by atoms with Gasteiger partial charge in [0.25, 0.3) is 0 Å². The van der Waals surface area contributed by atoms with E-state index in [4.69, 9.17) is 4.74 Å². The lowest BCUT2D eigenvalue weighted by atomic mass is 10.3. The predicted octanol–water partition coefficient (Wildman–Crippen LogP) is 1.07. The molecule has 1 aromatic rings. The molecule has 1 saturated heterocycles. The lowest BCUT2D eigenvalue weighted by Crippen LogP contribution is -2.52. The van der Waals surface area contributed by atoms with Gasteiger partial charge in [-0.25, -0.2) is 8.42 Å². The van der Waals surface area contributed by atoms with Gasteiger partial charge >= 0.3 is 0 Å². The fraction of sp³-hybridized carbons (Fsp3) is 0.538. The van der Waals surface area contributed by atoms with E-state index in [1.54, 1.807) is 28.6 Å². The topological polar surface area (TPSA) is 58.6 Å². The Morgan fingerprint density at radius 2 is 2.26 bits per heavy atom. The van der Waals surface area contributed by atoms with E-state index < -0.39 is 10.0 Å². The van der Waals surface area contributed by atoms with Gasteiger partial charge in [-0.1, -0.05) is 6.07 Å². The highest BCUT2D eigenvalue weighted by atomic mass is 32.2. The Hall–Kier alpha value is -1.11. The summed E-state index contributed by atoms with van der Waals surface area (Å²) in [6, 6.07) is 6.66. The molecular weight excluding hydrogens is 264 g/mol. The maximum atomic E-state index is 12.6. The van der Waals surface area contributed by atoms with Crippen LogP contribution >= 0.6 is 0 Å². The van der Waals surface area contributed by atoms with Crippen LogP contribution in [0.4, 0.5) is 0 Å². The summed E-state index contributed by atoms with van der Waals surface area (Å²) in [5.74, 6) is 0.589. The molecule has 0 amide bonds. The number of hydrogen-bond acceptors (Lipinski definition) is 4. The fourth-order valence-corrected chi connectivity index (χ4v) is 3.87. The van der Waals surface area contributed by atoms with Crippen molar-refractivity contribution in [2.75, 3.05) is 26.2 Å². The second-order valence-corrected chi connectivity index (χ2v) is 6.47. The first-order chi connectivity index (χ1) is 9.05. The first-order valence-corrected chi connectivity index (χ1v) is 7.95. The summed E-state index contributed by atoms with van der Waals surface area (Å²) in [5.41, 5.74) is 0. The largest absolute Gasteiger partial charge is 0.494 e. The van der Waals surface area contributed by atoms with Crippen LogP contribution in [-0.2, 0) is 10.0 Å². The standard InChI is InChI=1S/C13H20N2O3S/c1-3-18-12-5-4-6-13(9-12)19(16,17)15-8-7-14-10-11(15)2/h4-6,9,11,14H,3,7-8,10H2,1-2H3/t11-/m0/s1. The molecule has 5 nitrogen and oxygen atoms in total. The monoisotopic (exact) mass is 284 g/mol. The second kappa shape index (κ2) is 5.90. The van der Waals surface area contributed by atoms with Crippen molar-refractivity contribution in [3.05, 3.63) is 24.3 Å². The number of nitrogens with one attached hydrogen (secondary N) is 1. The maximum absolute atomic E-state index is 12.6. The maximum Gasteiger partial charge on any atom is 0.243 e. The molecule has 0 spiro atoms. The van der Waals surface area contributed by atoms with Crippen molar-refractivity contribution in [2.45, 2.75) is 24.8 Å². The van der Waals surface area contributed by atoms with Crippen molar-refractivity contribution in [3.63, 3.8) is 0 Å². The highest BCUT2D eigenvalue weighted by Crippen LogP contribution is 2.23. The van der Waals surface area contributed by atoms with Crippen LogP contribution in [0.15, 0.2) is 29.2 Å². The Bertz CT molecular complexity index is 530. The Morgan fingerprint density at radius 1 is 1.47 bits per heavy atom. The van der Waals surface area contributed by atoms with E-state index in [1.165, 1.54) is 0 Å². The van der Waals surface area contributed by atoms with E-state index in [9.17, 15) is 8.42 Å². The number of rotatable bonds is 4. The van der Waals surface area contributed by atoms with Crippen LogP contribution in [0.5, 0.6) is 5.75 Å². The molecule has 6 heteroatoms. The highest BCUT2D eigenvalue weighted by Gasteiger charge is 2.30. The van der Waals surface area contributed by atoms with Crippen molar-refractivity contribution in [2.24, 2.45) is 0 Å². The van der Waals surface area contributed by atoms with Gasteiger partial charge in [-0.05, 0) is 26.0 Å². The Labute approximate surface area is 114 Å². The molecule has 1 heterocycles. The van der Waals surface area contributed by atoms with Crippen LogP contribution in [0.25, 0.3) is 0 Å². The molecule has 0 saturated carbocycles. The third kappa shape index (κ3) is 3.08. The van der Waals surface area contributed by atoms with Crippen LogP contribution in [0.1, 0.15) is 13.8 Å². The minimum Gasteiger partial charge on any atom is -0.494 e. The van der Waals surface area contributed by atoms with Crippen molar-refractivity contribution in [3.8, 4) is 5.75 Å². The normalized spacial score (nSPS) is 21.3. The lowest BCUT2D eigenvalue weighted by molar-refractivity contribution is 0.283.